The fraction of sp³-hybridized carbons (Fsp3) is 0.269. The summed E-state index contributed by atoms with van der Waals surface area (Å²) in [5.74, 6) is 1.79. The van der Waals surface area contributed by atoms with Gasteiger partial charge in [-0.25, -0.2) is 4.98 Å². The number of anilines is 1. The number of methoxy groups -OCH3 is 1. The molecule has 1 amide bonds. The average molecular weight is 478 g/mol. The predicted molar refractivity (Wildman–Crippen MR) is 137 cm³/mol. The van der Waals surface area contributed by atoms with Crippen molar-refractivity contribution in [1.29, 1.82) is 0 Å². The number of aryl methyl sites for hydroxylation is 2. The number of rotatable bonds is 9. The van der Waals surface area contributed by atoms with Crippen LogP contribution >= 0.6 is 23.1 Å². The molecule has 4 rings (SSSR count). The smallest absolute Gasteiger partial charge is 0.229 e. The van der Waals surface area contributed by atoms with Crippen molar-refractivity contribution in [2.75, 3.05) is 17.8 Å². The van der Waals surface area contributed by atoms with E-state index in [0.29, 0.717) is 13.0 Å². The van der Waals surface area contributed by atoms with E-state index in [4.69, 9.17) is 9.72 Å². The highest BCUT2D eigenvalue weighted by molar-refractivity contribution is 7.99. The fourth-order valence-corrected chi connectivity index (χ4v) is 5.50. The third-order valence-electron chi connectivity index (χ3n) is 5.25. The number of benzene rings is 2. The van der Waals surface area contributed by atoms with Crippen LogP contribution in [0.5, 0.6) is 5.75 Å². The van der Waals surface area contributed by atoms with Gasteiger partial charge in [0.1, 0.15) is 5.75 Å². The first-order chi connectivity index (χ1) is 16.0. The molecule has 2 aromatic carbocycles. The number of amides is 1. The van der Waals surface area contributed by atoms with E-state index in [0.717, 1.165) is 39.0 Å². The lowest BCUT2D eigenvalue weighted by atomic mass is 10.1. The number of aromatic nitrogens is 2. The number of carbonyl (C=O) groups excluding carboxylic acids is 1. The Hall–Kier alpha value is -2.90. The Balaban J connectivity index is 1.47. The highest BCUT2D eigenvalue weighted by Gasteiger charge is 2.21. The first-order valence-corrected chi connectivity index (χ1v) is 12.7. The van der Waals surface area contributed by atoms with Gasteiger partial charge in [-0.05, 0) is 79.6 Å². The maximum Gasteiger partial charge on any atom is 0.229 e. The maximum absolute atomic E-state index is 13.3. The van der Waals surface area contributed by atoms with Crippen molar-refractivity contribution in [2.24, 2.45) is 0 Å². The number of carbonyl (C=O) groups is 1. The number of thiazole rings is 1. The monoisotopic (exact) mass is 477 g/mol. The third kappa shape index (κ3) is 5.92. The van der Waals surface area contributed by atoms with Crippen LogP contribution in [0.15, 0.2) is 65.7 Å². The van der Waals surface area contributed by atoms with E-state index >= 15 is 0 Å². The summed E-state index contributed by atoms with van der Waals surface area (Å²) in [7, 11) is 1.67. The molecular formula is C26H27N3O2S2. The molecule has 0 fully saturated rings. The Morgan fingerprint density at radius 3 is 2.67 bits per heavy atom. The SMILES string of the molecule is COc1ccc(SCCCC(=O)N(Cc2ccccn2)c2nc3cc(C)cc(C)c3s2)cc1. The molecule has 0 saturated heterocycles. The van der Waals surface area contributed by atoms with Crippen LogP contribution in [0.3, 0.4) is 0 Å². The Labute approximate surface area is 202 Å². The minimum Gasteiger partial charge on any atom is -0.497 e. The van der Waals surface area contributed by atoms with E-state index in [1.807, 2.05) is 42.5 Å². The van der Waals surface area contributed by atoms with Crippen molar-refractivity contribution >= 4 is 44.4 Å². The molecule has 7 heteroatoms. The molecule has 0 aliphatic heterocycles. The lowest BCUT2D eigenvalue weighted by molar-refractivity contribution is -0.118. The van der Waals surface area contributed by atoms with Crippen molar-refractivity contribution in [3.63, 3.8) is 0 Å². The van der Waals surface area contributed by atoms with Gasteiger partial charge in [0, 0.05) is 17.5 Å². The first kappa shape index (κ1) is 23.3. The van der Waals surface area contributed by atoms with Crippen molar-refractivity contribution < 1.29 is 9.53 Å². The van der Waals surface area contributed by atoms with Crippen molar-refractivity contribution in [1.82, 2.24) is 9.97 Å². The van der Waals surface area contributed by atoms with Gasteiger partial charge in [-0.3, -0.25) is 14.7 Å². The van der Waals surface area contributed by atoms with Crippen LogP contribution in [0.1, 0.15) is 29.7 Å². The Bertz CT molecular complexity index is 1220. The van der Waals surface area contributed by atoms with Gasteiger partial charge in [-0.1, -0.05) is 23.5 Å². The summed E-state index contributed by atoms with van der Waals surface area (Å²) < 4.78 is 6.34. The third-order valence-corrected chi connectivity index (χ3v) is 7.58. The Morgan fingerprint density at radius 1 is 1.12 bits per heavy atom. The van der Waals surface area contributed by atoms with Gasteiger partial charge < -0.3 is 4.74 Å². The van der Waals surface area contributed by atoms with Crippen LogP contribution in [-0.2, 0) is 11.3 Å². The van der Waals surface area contributed by atoms with Gasteiger partial charge in [-0.2, -0.15) is 0 Å². The normalized spacial score (nSPS) is 11.0. The number of fused-ring (bicyclic) bond motifs is 1. The average Bonchev–Trinajstić information content (AvgIpc) is 3.25. The van der Waals surface area contributed by atoms with Crippen molar-refractivity contribution in [2.45, 2.75) is 38.1 Å². The number of nitrogens with zero attached hydrogens (tertiary/aromatic N) is 3. The van der Waals surface area contributed by atoms with Crippen molar-refractivity contribution in [3.05, 3.63) is 77.6 Å². The van der Waals surface area contributed by atoms with Crippen LogP contribution in [-0.4, -0.2) is 28.7 Å². The van der Waals surface area contributed by atoms with Crippen LogP contribution in [0.25, 0.3) is 10.2 Å². The van der Waals surface area contributed by atoms with Gasteiger partial charge in [-0.15, -0.1) is 11.8 Å². The molecule has 0 bridgehead atoms. The number of ether oxygens (including phenoxy) is 1. The second kappa shape index (κ2) is 10.8. The topological polar surface area (TPSA) is 55.3 Å². The Morgan fingerprint density at radius 2 is 1.94 bits per heavy atom. The molecule has 0 spiro atoms. The van der Waals surface area contributed by atoms with Gasteiger partial charge in [0.15, 0.2) is 5.13 Å². The lowest BCUT2D eigenvalue weighted by Crippen LogP contribution is -2.30. The van der Waals surface area contributed by atoms with Gasteiger partial charge in [0.25, 0.3) is 0 Å². The number of hydrogen-bond acceptors (Lipinski definition) is 6. The fourth-order valence-electron chi connectivity index (χ4n) is 3.62. The number of pyridine rings is 1. The summed E-state index contributed by atoms with van der Waals surface area (Å²) in [6, 6.07) is 18.0. The summed E-state index contributed by atoms with van der Waals surface area (Å²) in [6.07, 6.45) is 3.01. The molecule has 0 radical (unpaired) electrons. The molecule has 2 aromatic heterocycles. The summed E-state index contributed by atoms with van der Waals surface area (Å²) >= 11 is 3.33. The molecule has 2 heterocycles. The highest BCUT2D eigenvalue weighted by Crippen LogP contribution is 2.33. The maximum atomic E-state index is 13.3. The second-order valence-corrected chi connectivity index (χ2v) is 10.0. The molecule has 0 aliphatic rings. The van der Waals surface area contributed by atoms with E-state index in [2.05, 4.69) is 31.0 Å². The molecule has 0 saturated carbocycles. The summed E-state index contributed by atoms with van der Waals surface area (Å²) in [5, 5.41) is 0.733. The van der Waals surface area contributed by atoms with Crippen LogP contribution in [0, 0.1) is 13.8 Å². The summed E-state index contributed by atoms with van der Waals surface area (Å²) in [4.78, 5) is 25.5. The van der Waals surface area contributed by atoms with Crippen LogP contribution < -0.4 is 9.64 Å². The molecule has 170 valence electrons. The predicted octanol–water partition coefficient (Wildman–Crippen LogP) is 6.42. The Kier molecular flexibility index (Phi) is 7.62. The lowest BCUT2D eigenvalue weighted by Gasteiger charge is -2.19. The number of hydrogen-bond donors (Lipinski definition) is 0. The molecule has 33 heavy (non-hydrogen) atoms. The minimum absolute atomic E-state index is 0.0735. The minimum atomic E-state index is 0.0735. The van der Waals surface area contributed by atoms with E-state index in [1.54, 1.807) is 41.3 Å². The highest BCUT2D eigenvalue weighted by atomic mass is 32.2. The second-order valence-electron chi connectivity index (χ2n) is 7.86. The van der Waals surface area contributed by atoms with Gasteiger partial charge >= 0.3 is 0 Å². The van der Waals surface area contributed by atoms with E-state index in [-0.39, 0.29) is 5.91 Å². The van der Waals surface area contributed by atoms with Crippen molar-refractivity contribution in [3.8, 4) is 5.75 Å². The molecule has 0 unspecified atom stereocenters. The van der Waals surface area contributed by atoms with Gasteiger partial charge in [0.2, 0.25) is 5.91 Å². The number of thioether (sulfide) groups is 1. The molecule has 0 N–H and O–H groups in total. The van der Waals surface area contributed by atoms with Crippen LogP contribution in [0.4, 0.5) is 5.13 Å². The van der Waals surface area contributed by atoms with Crippen LogP contribution in [0.2, 0.25) is 0 Å². The molecular weight excluding hydrogens is 450 g/mol. The molecule has 0 aliphatic carbocycles. The molecule has 0 atom stereocenters. The quantitative estimate of drug-likeness (QED) is 0.206. The van der Waals surface area contributed by atoms with E-state index in [9.17, 15) is 4.79 Å². The van der Waals surface area contributed by atoms with E-state index < -0.39 is 0 Å². The molecule has 4 aromatic rings. The molecule has 5 nitrogen and oxygen atoms in total. The zero-order chi connectivity index (χ0) is 23.2. The van der Waals surface area contributed by atoms with E-state index in [1.165, 1.54) is 16.0 Å². The summed E-state index contributed by atoms with van der Waals surface area (Å²) in [6.45, 7) is 4.59. The largest absolute Gasteiger partial charge is 0.497 e. The first-order valence-electron chi connectivity index (χ1n) is 10.9. The zero-order valence-corrected chi connectivity index (χ0v) is 20.7. The van der Waals surface area contributed by atoms with Gasteiger partial charge in [0.05, 0.1) is 29.6 Å². The standard InChI is InChI=1S/C26H27N3O2S2/c1-18-15-19(2)25-23(16-18)28-26(33-25)29(17-20-7-4-5-13-27-20)24(30)8-6-14-32-22-11-9-21(31-3)10-12-22/h4-5,7,9-13,15-16H,6,8,14,17H2,1-3H3. The zero-order valence-electron chi connectivity index (χ0n) is 19.1. The summed E-state index contributed by atoms with van der Waals surface area (Å²) in [5.41, 5.74) is 4.16.